The van der Waals surface area contributed by atoms with Crippen LogP contribution in [-0.4, -0.2) is 54.3 Å². The van der Waals surface area contributed by atoms with Gasteiger partial charge >= 0.3 is 6.01 Å². The summed E-state index contributed by atoms with van der Waals surface area (Å²) in [5.74, 6) is 2.02. The van der Waals surface area contributed by atoms with Crippen LogP contribution in [-0.2, 0) is 16.4 Å². The van der Waals surface area contributed by atoms with Gasteiger partial charge in [-0.25, -0.2) is 8.42 Å². The molecular weight excluding hydrogens is 312 g/mol. The zero-order valence-corrected chi connectivity index (χ0v) is 14.0. The Hall–Kier alpha value is -0.800. The fourth-order valence-electron chi connectivity index (χ4n) is 2.09. The predicted molar refractivity (Wildman–Crippen MR) is 84.2 cm³/mol. The molecule has 2 heterocycles. The van der Waals surface area contributed by atoms with E-state index < -0.39 is 15.2 Å². The Morgan fingerprint density at radius 1 is 1.43 bits per heavy atom. The number of hydrogen-bond acceptors (Lipinski definition) is 8. The van der Waals surface area contributed by atoms with E-state index in [4.69, 9.17) is 4.42 Å². The molecule has 1 aromatic rings. The average molecular weight is 334 g/mol. The first-order valence-corrected chi connectivity index (χ1v) is 10.0. The molecule has 7 nitrogen and oxygen atoms in total. The van der Waals surface area contributed by atoms with Crippen LogP contribution in [0.4, 0.5) is 6.01 Å². The van der Waals surface area contributed by atoms with E-state index in [1.165, 1.54) is 0 Å². The molecule has 1 fully saturated rings. The lowest BCUT2D eigenvalue weighted by Gasteiger charge is -2.32. The molecule has 0 radical (unpaired) electrons. The highest BCUT2D eigenvalue weighted by Crippen LogP contribution is 2.26. The molecular formula is C12H22N4O3S2. The zero-order chi connectivity index (χ0) is 15.3. The number of sulfone groups is 1. The van der Waals surface area contributed by atoms with Crippen LogP contribution >= 0.6 is 11.8 Å². The smallest absolute Gasteiger partial charge is 0.319 e. The van der Waals surface area contributed by atoms with Crippen molar-refractivity contribution >= 4 is 27.6 Å². The Labute approximate surface area is 129 Å². The van der Waals surface area contributed by atoms with Crippen molar-refractivity contribution in [2.45, 2.75) is 32.2 Å². The third-order valence-electron chi connectivity index (χ3n) is 3.31. The van der Waals surface area contributed by atoms with Crippen molar-refractivity contribution in [3.8, 4) is 0 Å². The third kappa shape index (κ3) is 4.10. The van der Waals surface area contributed by atoms with E-state index in [0.717, 1.165) is 18.7 Å². The second-order valence-corrected chi connectivity index (χ2v) is 8.43. The third-order valence-corrected chi connectivity index (χ3v) is 6.60. The number of aromatic nitrogens is 2. The van der Waals surface area contributed by atoms with Crippen molar-refractivity contribution in [2.24, 2.45) is 0 Å². The number of nitrogens with one attached hydrogen (secondary N) is 1. The van der Waals surface area contributed by atoms with Crippen LogP contribution in [0.3, 0.4) is 0 Å². The molecule has 1 aromatic heterocycles. The van der Waals surface area contributed by atoms with Gasteiger partial charge in [0.2, 0.25) is 5.89 Å². The monoisotopic (exact) mass is 334 g/mol. The Balaban J connectivity index is 2.11. The Morgan fingerprint density at radius 2 is 2.24 bits per heavy atom. The number of thioether (sulfide) groups is 1. The van der Waals surface area contributed by atoms with E-state index in [9.17, 15) is 8.42 Å². The van der Waals surface area contributed by atoms with Gasteiger partial charge in [0, 0.05) is 23.8 Å². The van der Waals surface area contributed by atoms with Gasteiger partial charge in [-0.05, 0) is 13.0 Å². The quantitative estimate of drug-likeness (QED) is 0.735. The second-order valence-electron chi connectivity index (χ2n) is 4.83. The van der Waals surface area contributed by atoms with Crippen LogP contribution in [0, 0.1) is 0 Å². The first kappa shape index (κ1) is 16.6. The summed E-state index contributed by atoms with van der Waals surface area (Å²) in [5, 5.41) is 10.6. The summed E-state index contributed by atoms with van der Waals surface area (Å²) in [5.41, 5.74) is 0. The molecule has 1 atom stereocenters. The molecule has 21 heavy (non-hydrogen) atoms. The van der Waals surface area contributed by atoms with Gasteiger partial charge in [-0.15, -0.1) is 5.10 Å². The SMILES string of the molecule is CCCNCc1nnc(N2CCSCC2S(=O)(=O)CC)o1. The highest BCUT2D eigenvalue weighted by atomic mass is 32.2. The minimum atomic E-state index is -3.17. The minimum absolute atomic E-state index is 0.119. The van der Waals surface area contributed by atoms with Crippen LogP contribution in [0.1, 0.15) is 26.2 Å². The Kier molecular flexibility index (Phi) is 5.88. The lowest BCUT2D eigenvalue weighted by Crippen LogP contribution is -2.48. The van der Waals surface area contributed by atoms with Crippen molar-refractivity contribution in [2.75, 3.05) is 35.2 Å². The molecule has 1 aliphatic rings. The fraction of sp³-hybridized carbons (Fsp3) is 0.833. The van der Waals surface area contributed by atoms with Gasteiger partial charge in [0.25, 0.3) is 0 Å². The molecule has 1 N–H and O–H groups in total. The van der Waals surface area contributed by atoms with Crippen LogP contribution < -0.4 is 10.2 Å². The molecule has 0 spiro atoms. The fourth-order valence-corrected chi connectivity index (χ4v) is 5.05. The lowest BCUT2D eigenvalue weighted by molar-refractivity contribution is 0.458. The standard InChI is InChI=1S/C12H22N4O3S2/c1-3-5-13-8-10-14-15-12(19-10)16-6-7-20-9-11(16)21(17,18)4-2/h11,13H,3-9H2,1-2H3. The van der Waals surface area contributed by atoms with E-state index >= 15 is 0 Å². The van der Waals surface area contributed by atoms with Crippen molar-refractivity contribution in [1.82, 2.24) is 15.5 Å². The molecule has 0 saturated carbocycles. The second kappa shape index (κ2) is 7.46. The number of nitrogens with zero attached hydrogens (tertiary/aromatic N) is 3. The topological polar surface area (TPSA) is 88.3 Å². The molecule has 2 rings (SSSR count). The number of hydrogen-bond donors (Lipinski definition) is 1. The Morgan fingerprint density at radius 3 is 2.95 bits per heavy atom. The van der Waals surface area contributed by atoms with Gasteiger partial charge < -0.3 is 14.6 Å². The first-order valence-electron chi connectivity index (χ1n) is 7.17. The van der Waals surface area contributed by atoms with Gasteiger partial charge in [-0.3, -0.25) is 0 Å². The molecule has 0 aromatic carbocycles. The minimum Gasteiger partial charge on any atom is -0.407 e. The van der Waals surface area contributed by atoms with E-state index in [2.05, 4.69) is 22.4 Å². The molecule has 1 saturated heterocycles. The molecule has 0 amide bonds. The predicted octanol–water partition coefficient (Wildman–Crippen LogP) is 0.883. The lowest BCUT2D eigenvalue weighted by atomic mass is 10.5. The van der Waals surface area contributed by atoms with E-state index in [-0.39, 0.29) is 5.75 Å². The number of rotatable bonds is 7. The normalized spacial score (nSPS) is 19.9. The summed E-state index contributed by atoms with van der Waals surface area (Å²) in [7, 11) is -3.17. The van der Waals surface area contributed by atoms with Crippen molar-refractivity contribution in [3.05, 3.63) is 5.89 Å². The summed E-state index contributed by atoms with van der Waals surface area (Å²) in [6, 6.07) is 0.311. The van der Waals surface area contributed by atoms with Gasteiger partial charge in [-0.1, -0.05) is 18.9 Å². The molecule has 1 aliphatic heterocycles. The molecule has 1 unspecified atom stereocenters. The molecule has 0 bridgehead atoms. The van der Waals surface area contributed by atoms with Crippen molar-refractivity contribution in [3.63, 3.8) is 0 Å². The van der Waals surface area contributed by atoms with Crippen LogP contribution in [0.2, 0.25) is 0 Å². The summed E-state index contributed by atoms with van der Waals surface area (Å²) in [6.07, 6.45) is 1.03. The summed E-state index contributed by atoms with van der Waals surface area (Å²) in [6.45, 7) is 5.75. The van der Waals surface area contributed by atoms with Crippen LogP contribution in [0.25, 0.3) is 0 Å². The highest BCUT2D eigenvalue weighted by molar-refractivity contribution is 8.01. The zero-order valence-electron chi connectivity index (χ0n) is 12.4. The maximum Gasteiger partial charge on any atom is 0.319 e. The van der Waals surface area contributed by atoms with Gasteiger partial charge in [-0.2, -0.15) is 11.8 Å². The maximum absolute atomic E-state index is 12.2. The summed E-state index contributed by atoms with van der Waals surface area (Å²) >= 11 is 1.64. The van der Waals surface area contributed by atoms with Crippen molar-refractivity contribution < 1.29 is 12.8 Å². The van der Waals surface area contributed by atoms with E-state index in [1.54, 1.807) is 23.6 Å². The highest BCUT2D eigenvalue weighted by Gasteiger charge is 2.35. The summed E-state index contributed by atoms with van der Waals surface area (Å²) in [4.78, 5) is 1.73. The van der Waals surface area contributed by atoms with Gasteiger partial charge in [0.1, 0.15) is 5.37 Å². The molecule has 0 aliphatic carbocycles. The van der Waals surface area contributed by atoms with E-state index in [1.807, 2.05) is 0 Å². The largest absolute Gasteiger partial charge is 0.407 e. The van der Waals surface area contributed by atoms with Crippen molar-refractivity contribution in [1.29, 1.82) is 0 Å². The Bertz CT molecular complexity index is 546. The number of anilines is 1. The molecule has 9 heteroatoms. The van der Waals surface area contributed by atoms with E-state index in [0.29, 0.717) is 30.7 Å². The first-order chi connectivity index (χ1) is 10.1. The van der Waals surface area contributed by atoms with Gasteiger partial charge in [0.05, 0.1) is 6.54 Å². The summed E-state index contributed by atoms with van der Waals surface area (Å²) < 4.78 is 30.0. The van der Waals surface area contributed by atoms with Gasteiger partial charge in [0.15, 0.2) is 9.84 Å². The maximum atomic E-state index is 12.2. The van der Waals surface area contributed by atoms with Crippen LogP contribution in [0.15, 0.2) is 4.42 Å². The molecule has 120 valence electrons. The average Bonchev–Trinajstić information content (AvgIpc) is 2.96. The van der Waals surface area contributed by atoms with Crippen LogP contribution in [0.5, 0.6) is 0 Å².